The zero-order valence-corrected chi connectivity index (χ0v) is 11.3. The van der Waals surface area contributed by atoms with E-state index in [1.807, 2.05) is 0 Å². The molecule has 0 aromatic carbocycles. The first-order valence-electron chi connectivity index (χ1n) is 6.33. The van der Waals surface area contributed by atoms with Gasteiger partial charge in [-0.1, -0.05) is 13.8 Å². The van der Waals surface area contributed by atoms with Crippen LogP contribution in [0.25, 0.3) is 0 Å². The first kappa shape index (κ1) is 16.9. The molecule has 0 fully saturated rings. The maximum absolute atomic E-state index is 10.2. The van der Waals surface area contributed by atoms with Crippen molar-refractivity contribution in [2.45, 2.75) is 26.7 Å². The molecule has 0 saturated heterocycles. The number of carbonyl (C=O) groups is 2. The molecular weight excluding hydrogens is 236 g/mol. The summed E-state index contributed by atoms with van der Waals surface area (Å²) in [4.78, 5) is 24.5. The molecule has 0 rings (SSSR count). The molecule has 0 amide bonds. The molecule has 18 heavy (non-hydrogen) atoms. The normalized spacial score (nSPS) is 10.7. The molecule has 0 aliphatic heterocycles. The van der Waals surface area contributed by atoms with E-state index < -0.39 is 0 Å². The van der Waals surface area contributed by atoms with Crippen molar-refractivity contribution in [1.82, 2.24) is 9.80 Å². The number of hydrogen-bond donors (Lipinski definition) is 0. The van der Waals surface area contributed by atoms with Crippen molar-refractivity contribution in [3.8, 4) is 0 Å². The van der Waals surface area contributed by atoms with E-state index in [2.05, 4.69) is 23.6 Å². The molecule has 0 unspecified atom stereocenters. The van der Waals surface area contributed by atoms with E-state index in [1.165, 1.54) is 0 Å². The Bertz CT molecular complexity index is 192. The Kier molecular flexibility index (Phi) is 11.5. The van der Waals surface area contributed by atoms with Crippen molar-refractivity contribution >= 4 is 12.9 Å². The van der Waals surface area contributed by atoms with Gasteiger partial charge in [0, 0.05) is 26.2 Å². The van der Waals surface area contributed by atoms with Gasteiger partial charge in [0.25, 0.3) is 12.9 Å². The summed E-state index contributed by atoms with van der Waals surface area (Å²) in [6, 6.07) is 0. The number of rotatable bonds is 13. The Morgan fingerprint density at radius 2 is 1.17 bits per heavy atom. The lowest BCUT2D eigenvalue weighted by atomic mass is 10.4. The second kappa shape index (κ2) is 12.3. The van der Waals surface area contributed by atoms with Gasteiger partial charge in [-0.05, 0) is 12.8 Å². The van der Waals surface area contributed by atoms with E-state index in [4.69, 9.17) is 9.47 Å². The summed E-state index contributed by atoms with van der Waals surface area (Å²) in [5.74, 6) is 0. The maximum Gasteiger partial charge on any atom is 0.294 e. The van der Waals surface area contributed by atoms with Gasteiger partial charge >= 0.3 is 0 Å². The van der Waals surface area contributed by atoms with E-state index in [1.54, 1.807) is 0 Å². The van der Waals surface area contributed by atoms with Crippen LogP contribution in [0.4, 0.5) is 0 Å². The fraction of sp³-hybridized carbons (Fsp3) is 0.833. The first-order chi connectivity index (χ1) is 8.78. The Hall–Kier alpha value is -1.14. The zero-order valence-electron chi connectivity index (χ0n) is 11.3. The minimum atomic E-state index is 0.311. The average Bonchev–Trinajstić information content (AvgIpc) is 2.38. The number of carbonyl (C=O) groups excluding carboxylic acids is 2. The standard InChI is InChI=1S/C12H24N2O4/c1-3-5-13(9-17-11-15)7-8-14(6-4-2)10-18-12-16/h11-12H,3-10H2,1-2H3. The summed E-state index contributed by atoms with van der Waals surface area (Å²) in [5, 5.41) is 0. The second-order valence-electron chi connectivity index (χ2n) is 4.02. The van der Waals surface area contributed by atoms with Gasteiger partial charge in [-0.3, -0.25) is 19.4 Å². The molecule has 0 aromatic heterocycles. The third-order valence-electron chi connectivity index (χ3n) is 2.46. The Morgan fingerprint density at radius 3 is 1.44 bits per heavy atom. The molecule has 0 N–H and O–H groups in total. The Morgan fingerprint density at radius 1 is 0.778 bits per heavy atom. The highest BCUT2D eigenvalue weighted by Crippen LogP contribution is 1.96. The topological polar surface area (TPSA) is 59.1 Å². The van der Waals surface area contributed by atoms with Gasteiger partial charge < -0.3 is 9.47 Å². The zero-order chi connectivity index (χ0) is 13.6. The van der Waals surface area contributed by atoms with Crippen LogP contribution in [0.15, 0.2) is 0 Å². The third kappa shape index (κ3) is 8.95. The summed E-state index contributed by atoms with van der Waals surface area (Å²) in [6.07, 6.45) is 2.00. The van der Waals surface area contributed by atoms with E-state index in [-0.39, 0.29) is 0 Å². The molecule has 0 aromatic rings. The van der Waals surface area contributed by atoms with Crippen molar-refractivity contribution in [2.75, 3.05) is 39.6 Å². The van der Waals surface area contributed by atoms with Crippen LogP contribution in [-0.4, -0.2) is 62.4 Å². The molecule has 106 valence electrons. The minimum absolute atomic E-state index is 0.311. The highest BCUT2D eigenvalue weighted by molar-refractivity contribution is 5.36. The summed E-state index contributed by atoms with van der Waals surface area (Å²) in [5.41, 5.74) is 0. The van der Waals surface area contributed by atoms with Gasteiger partial charge in [0.15, 0.2) is 0 Å². The van der Waals surface area contributed by atoms with E-state index in [0.717, 1.165) is 39.0 Å². The monoisotopic (exact) mass is 260 g/mol. The average molecular weight is 260 g/mol. The van der Waals surface area contributed by atoms with Crippen LogP contribution in [0, 0.1) is 0 Å². The summed E-state index contributed by atoms with van der Waals surface area (Å²) in [6.45, 7) is 9.01. The van der Waals surface area contributed by atoms with Crippen molar-refractivity contribution in [3.63, 3.8) is 0 Å². The van der Waals surface area contributed by atoms with Gasteiger partial charge in [0.05, 0.1) is 0 Å². The van der Waals surface area contributed by atoms with Crippen molar-refractivity contribution in [3.05, 3.63) is 0 Å². The van der Waals surface area contributed by atoms with Crippen LogP contribution in [-0.2, 0) is 19.1 Å². The van der Waals surface area contributed by atoms with Crippen LogP contribution >= 0.6 is 0 Å². The van der Waals surface area contributed by atoms with Gasteiger partial charge in [-0.2, -0.15) is 0 Å². The number of ether oxygens (including phenoxy) is 2. The van der Waals surface area contributed by atoms with Crippen LogP contribution in [0.3, 0.4) is 0 Å². The lowest BCUT2D eigenvalue weighted by Gasteiger charge is -2.25. The predicted molar refractivity (Wildman–Crippen MR) is 67.8 cm³/mol. The molecule has 6 nitrogen and oxygen atoms in total. The molecule has 0 atom stereocenters. The summed E-state index contributed by atoms with van der Waals surface area (Å²) < 4.78 is 9.52. The Labute approximate surface area is 109 Å². The van der Waals surface area contributed by atoms with Gasteiger partial charge in [0.2, 0.25) is 0 Å². The largest absolute Gasteiger partial charge is 0.452 e. The molecular formula is C12H24N2O4. The van der Waals surface area contributed by atoms with E-state index in [9.17, 15) is 9.59 Å². The van der Waals surface area contributed by atoms with Crippen LogP contribution in [0.1, 0.15) is 26.7 Å². The van der Waals surface area contributed by atoms with Gasteiger partial charge in [-0.25, -0.2) is 0 Å². The van der Waals surface area contributed by atoms with E-state index >= 15 is 0 Å². The van der Waals surface area contributed by atoms with Crippen LogP contribution < -0.4 is 0 Å². The lowest BCUT2D eigenvalue weighted by molar-refractivity contribution is -0.135. The quantitative estimate of drug-likeness (QED) is 0.358. The van der Waals surface area contributed by atoms with Crippen molar-refractivity contribution < 1.29 is 19.1 Å². The smallest absolute Gasteiger partial charge is 0.294 e. The molecule has 6 heteroatoms. The third-order valence-corrected chi connectivity index (χ3v) is 2.46. The fourth-order valence-corrected chi connectivity index (χ4v) is 1.67. The summed E-state index contributed by atoms with van der Waals surface area (Å²) in [7, 11) is 0. The molecule has 0 aliphatic carbocycles. The Balaban J connectivity index is 3.99. The fourth-order valence-electron chi connectivity index (χ4n) is 1.67. The van der Waals surface area contributed by atoms with E-state index in [0.29, 0.717) is 26.4 Å². The van der Waals surface area contributed by atoms with Crippen molar-refractivity contribution in [2.24, 2.45) is 0 Å². The first-order valence-corrected chi connectivity index (χ1v) is 6.33. The minimum Gasteiger partial charge on any atom is -0.452 e. The molecule has 0 spiro atoms. The highest BCUT2D eigenvalue weighted by atomic mass is 16.5. The van der Waals surface area contributed by atoms with Gasteiger partial charge in [-0.15, -0.1) is 0 Å². The molecule has 0 radical (unpaired) electrons. The molecule has 0 saturated carbocycles. The highest BCUT2D eigenvalue weighted by Gasteiger charge is 2.08. The predicted octanol–water partition coefficient (Wildman–Crippen LogP) is 0.671. The number of nitrogens with zero attached hydrogens (tertiary/aromatic N) is 2. The van der Waals surface area contributed by atoms with Crippen molar-refractivity contribution in [1.29, 1.82) is 0 Å². The number of hydrogen-bond acceptors (Lipinski definition) is 6. The molecule has 0 aliphatic rings. The SMILES string of the molecule is CCCN(CCN(CCC)COC=O)COC=O. The van der Waals surface area contributed by atoms with Gasteiger partial charge in [0.1, 0.15) is 13.5 Å². The van der Waals surface area contributed by atoms with Crippen LogP contribution in [0.2, 0.25) is 0 Å². The molecule has 0 bridgehead atoms. The summed E-state index contributed by atoms with van der Waals surface area (Å²) >= 11 is 0. The maximum atomic E-state index is 10.2. The molecule has 0 heterocycles. The second-order valence-corrected chi connectivity index (χ2v) is 4.02. The van der Waals surface area contributed by atoms with Crippen LogP contribution in [0.5, 0.6) is 0 Å². The lowest BCUT2D eigenvalue weighted by Crippen LogP contribution is -2.38.